The number of alkyl halides is 3. The van der Waals surface area contributed by atoms with Crippen LogP contribution in [0.2, 0.25) is 0 Å². The van der Waals surface area contributed by atoms with Crippen molar-refractivity contribution in [2.75, 3.05) is 42.9 Å². The molecule has 1 aromatic carbocycles. The highest BCUT2D eigenvalue weighted by Crippen LogP contribution is 2.36. The summed E-state index contributed by atoms with van der Waals surface area (Å²) in [5.41, 5.74) is 0.103. The Morgan fingerprint density at radius 1 is 1.21 bits per heavy atom. The van der Waals surface area contributed by atoms with E-state index in [9.17, 15) is 18.0 Å². The molecule has 1 atom stereocenters. The summed E-state index contributed by atoms with van der Waals surface area (Å²) in [5.74, 6) is 0.368. The first-order valence-electron chi connectivity index (χ1n) is 9.99. The van der Waals surface area contributed by atoms with Crippen molar-refractivity contribution in [1.29, 1.82) is 0 Å². The Balaban J connectivity index is 1.65. The Morgan fingerprint density at radius 3 is 2.54 bits per heavy atom. The van der Waals surface area contributed by atoms with E-state index in [1.807, 2.05) is 4.90 Å². The topological polar surface area (TPSA) is 47.6 Å². The molecule has 2 amide bonds. The summed E-state index contributed by atoms with van der Waals surface area (Å²) in [7, 11) is 0. The van der Waals surface area contributed by atoms with Gasteiger partial charge in [-0.25, -0.2) is 4.79 Å². The Bertz CT molecular complexity index is 687. The zero-order valence-electron chi connectivity index (χ0n) is 16.5. The molecule has 2 heterocycles. The molecule has 1 unspecified atom stereocenters. The first-order chi connectivity index (χ1) is 13.2. The summed E-state index contributed by atoms with van der Waals surface area (Å²) in [6.07, 6.45) is -1.43. The highest BCUT2D eigenvalue weighted by Gasteiger charge is 2.32. The maximum atomic E-state index is 13.1. The third-order valence-corrected chi connectivity index (χ3v) is 5.62. The van der Waals surface area contributed by atoms with E-state index >= 15 is 0 Å². The molecule has 28 heavy (non-hydrogen) atoms. The Hall–Kier alpha value is -1.96. The number of likely N-dealkylation sites (tertiary alicyclic amines) is 1. The molecule has 2 saturated heterocycles. The molecule has 0 radical (unpaired) electrons. The number of amides is 2. The standard InChI is InChI=1S/C20H29F3N4O/c1-14(2)27-10-7-15(13-27)12-24-19(28)25-17-11-16(20(21,22)23)5-6-18(17)26-8-3-4-9-26/h5-6,11,14-15H,3-4,7-10,12-13H2,1-2H3,(H2,24,25,28). The average molecular weight is 398 g/mol. The number of halogens is 3. The first kappa shape index (κ1) is 20.8. The monoisotopic (exact) mass is 398 g/mol. The molecular formula is C20H29F3N4O. The van der Waals surface area contributed by atoms with Crippen LogP contribution in [0, 0.1) is 5.92 Å². The van der Waals surface area contributed by atoms with Gasteiger partial charge in [-0.1, -0.05) is 0 Å². The third-order valence-electron chi connectivity index (χ3n) is 5.62. The summed E-state index contributed by atoms with van der Waals surface area (Å²) in [6.45, 7) is 8.33. The van der Waals surface area contributed by atoms with Gasteiger partial charge in [0.25, 0.3) is 0 Å². The van der Waals surface area contributed by atoms with Crippen LogP contribution in [-0.4, -0.2) is 49.7 Å². The molecule has 8 heteroatoms. The van der Waals surface area contributed by atoms with Crippen LogP contribution >= 0.6 is 0 Å². The van der Waals surface area contributed by atoms with Gasteiger partial charge in [-0.05, 0) is 63.8 Å². The molecule has 0 spiro atoms. The van der Waals surface area contributed by atoms with Gasteiger partial charge in [0.1, 0.15) is 0 Å². The molecule has 1 aromatic rings. The van der Waals surface area contributed by atoms with E-state index in [1.165, 1.54) is 6.07 Å². The van der Waals surface area contributed by atoms with Crippen molar-refractivity contribution in [2.24, 2.45) is 5.92 Å². The van der Waals surface area contributed by atoms with Crippen molar-refractivity contribution in [3.8, 4) is 0 Å². The van der Waals surface area contributed by atoms with Crippen molar-refractivity contribution in [2.45, 2.75) is 45.3 Å². The summed E-state index contributed by atoms with van der Waals surface area (Å²) >= 11 is 0. The van der Waals surface area contributed by atoms with E-state index in [0.717, 1.165) is 57.6 Å². The van der Waals surface area contributed by atoms with Crippen molar-refractivity contribution in [1.82, 2.24) is 10.2 Å². The zero-order valence-corrected chi connectivity index (χ0v) is 16.5. The van der Waals surface area contributed by atoms with Crippen LogP contribution < -0.4 is 15.5 Å². The number of nitrogens with one attached hydrogen (secondary N) is 2. The van der Waals surface area contributed by atoms with Crippen LogP contribution in [-0.2, 0) is 6.18 Å². The van der Waals surface area contributed by atoms with E-state index < -0.39 is 17.8 Å². The van der Waals surface area contributed by atoms with Gasteiger partial charge in [0, 0.05) is 32.2 Å². The first-order valence-corrected chi connectivity index (χ1v) is 9.99. The summed E-state index contributed by atoms with van der Waals surface area (Å²) in [5, 5.41) is 5.48. The highest BCUT2D eigenvalue weighted by molar-refractivity contribution is 5.93. The van der Waals surface area contributed by atoms with Crippen LogP contribution in [0.15, 0.2) is 18.2 Å². The van der Waals surface area contributed by atoms with Gasteiger partial charge < -0.3 is 20.4 Å². The number of hydrogen-bond donors (Lipinski definition) is 2. The molecule has 2 aliphatic rings. The Labute approximate surface area is 164 Å². The van der Waals surface area contributed by atoms with Gasteiger partial charge in [0.2, 0.25) is 0 Å². The quantitative estimate of drug-likeness (QED) is 0.783. The number of hydrogen-bond acceptors (Lipinski definition) is 3. The van der Waals surface area contributed by atoms with Gasteiger partial charge in [0.15, 0.2) is 0 Å². The lowest BCUT2D eigenvalue weighted by Gasteiger charge is -2.23. The number of anilines is 2. The molecule has 5 nitrogen and oxygen atoms in total. The van der Waals surface area contributed by atoms with E-state index in [0.29, 0.717) is 24.2 Å². The van der Waals surface area contributed by atoms with Crippen molar-refractivity contribution >= 4 is 17.4 Å². The molecule has 0 aliphatic carbocycles. The molecule has 0 aromatic heterocycles. The van der Waals surface area contributed by atoms with Crippen LogP contribution in [0.5, 0.6) is 0 Å². The minimum Gasteiger partial charge on any atom is -0.370 e. The Kier molecular flexibility index (Phi) is 6.37. The molecule has 2 aliphatic heterocycles. The maximum Gasteiger partial charge on any atom is 0.416 e. The third kappa shape index (κ3) is 5.10. The largest absolute Gasteiger partial charge is 0.416 e. The lowest BCUT2D eigenvalue weighted by Crippen LogP contribution is -2.35. The second-order valence-electron chi connectivity index (χ2n) is 8.00. The van der Waals surface area contributed by atoms with Crippen LogP contribution in [0.3, 0.4) is 0 Å². The van der Waals surface area contributed by atoms with Crippen LogP contribution in [0.25, 0.3) is 0 Å². The van der Waals surface area contributed by atoms with Gasteiger partial charge in [-0.15, -0.1) is 0 Å². The number of rotatable bonds is 5. The number of nitrogens with zero attached hydrogens (tertiary/aromatic N) is 2. The average Bonchev–Trinajstić information content (AvgIpc) is 3.31. The lowest BCUT2D eigenvalue weighted by atomic mass is 10.1. The van der Waals surface area contributed by atoms with Crippen molar-refractivity contribution < 1.29 is 18.0 Å². The molecule has 156 valence electrons. The zero-order chi connectivity index (χ0) is 20.3. The minimum atomic E-state index is -4.44. The number of carbonyl (C=O) groups is 1. The van der Waals surface area contributed by atoms with Crippen molar-refractivity contribution in [3.63, 3.8) is 0 Å². The molecule has 0 bridgehead atoms. The predicted molar refractivity (Wildman–Crippen MR) is 105 cm³/mol. The van der Waals surface area contributed by atoms with Crippen molar-refractivity contribution in [3.05, 3.63) is 23.8 Å². The normalized spacial score (nSPS) is 20.8. The highest BCUT2D eigenvalue weighted by atomic mass is 19.4. The number of carbonyl (C=O) groups excluding carboxylic acids is 1. The smallest absolute Gasteiger partial charge is 0.370 e. The maximum absolute atomic E-state index is 13.1. The SMILES string of the molecule is CC(C)N1CCC(CNC(=O)Nc2cc(C(F)(F)F)ccc2N2CCCC2)C1. The molecule has 2 fully saturated rings. The Morgan fingerprint density at radius 2 is 1.93 bits per heavy atom. The molecule has 2 N–H and O–H groups in total. The van der Waals surface area contributed by atoms with E-state index in [4.69, 9.17) is 0 Å². The van der Waals surface area contributed by atoms with Gasteiger partial charge in [0.05, 0.1) is 16.9 Å². The van der Waals surface area contributed by atoms with Crippen LogP contribution in [0.1, 0.15) is 38.7 Å². The second-order valence-corrected chi connectivity index (χ2v) is 8.00. The fourth-order valence-electron chi connectivity index (χ4n) is 3.95. The van der Waals surface area contributed by atoms with Gasteiger partial charge in [-0.3, -0.25) is 0 Å². The predicted octanol–water partition coefficient (Wildman–Crippen LogP) is 4.16. The van der Waals surface area contributed by atoms with Crippen LogP contribution in [0.4, 0.5) is 29.3 Å². The van der Waals surface area contributed by atoms with E-state index in [-0.39, 0.29) is 5.69 Å². The number of benzene rings is 1. The lowest BCUT2D eigenvalue weighted by molar-refractivity contribution is -0.137. The number of urea groups is 1. The van der Waals surface area contributed by atoms with Gasteiger partial charge in [-0.2, -0.15) is 13.2 Å². The molecule has 3 rings (SSSR count). The fourth-order valence-corrected chi connectivity index (χ4v) is 3.95. The summed E-state index contributed by atoms with van der Waals surface area (Å²) in [6, 6.07) is 3.59. The molecule has 0 saturated carbocycles. The second kappa shape index (κ2) is 8.59. The summed E-state index contributed by atoms with van der Waals surface area (Å²) in [4.78, 5) is 16.8. The molecular weight excluding hydrogens is 369 g/mol. The minimum absolute atomic E-state index is 0.212. The summed E-state index contributed by atoms with van der Waals surface area (Å²) < 4.78 is 39.4. The van der Waals surface area contributed by atoms with E-state index in [2.05, 4.69) is 29.4 Å². The van der Waals surface area contributed by atoms with Gasteiger partial charge >= 0.3 is 12.2 Å². The fraction of sp³-hybridized carbons (Fsp3) is 0.650. The van der Waals surface area contributed by atoms with E-state index in [1.54, 1.807) is 0 Å².